The molecule has 0 bridgehead atoms. The first kappa shape index (κ1) is 9.87. The van der Waals surface area contributed by atoms with Crippen molar-refractivity contribution in [2.45, 2.75) is 0 Å². The quantitative estimate of drug-likeness (QED) is 0.622. The molecule has 1 aromatic carbocycles. The minimum absolute atomic E-state index is 0.796. The first-order valence-electron chi connectivity index (χ1n) is 4.86. The van der Waals surface area contributed by atoms with Crippen LogP contribution in [0.3, 0.4) is 0 Å². The molecule has 0 N–H and O–H groups in total. The van der Waals surface area contributed by atoms with E-state index in [9.17, 15) is 0 Å². The number of benzene rings is 1. The summed E-state index contributed by atoms with van der Waals surface area (Å²) in [7, 11) is 2.05. The van der Waals surface area contributed by atoms with Crippen LogP contribution in [0.1, 0.15) is 0 Å². The maximum atomic E-state index is 6.18. The molecular weight excluding hydrogens is 196 g/mol. The van der Waals surface area contributed by atoms with E-state index >= 15 is 0 Å². The average Bonchev–Trinajstić information content (AvgIpc) is 2.19. The van der Waals surface area contributed by atoms with E-state index in [1.807, 2.05) is 6.07 Å². The number of anilines is 1. The summed E-state index contributed by atoms with van der Waals surface area (Å²) >= 11 is 6.18. The summed E-state index contributed by atoms with van der Waals surface area (Å²) in [5.41, 5.74) is 2.33. The van der Waals surface area contributed by atoms with E-state index in [0.717, 1.165) is 37.0 Å². The molecule has 1 aliphatic heterocycles. The molecule has 14 heavy (non-hydrogen) atoms. The first-order chi connectivity index (χ1) is 6.77. The number of ether oxygens (including phenoxy) is 1. The van der Waals surface area contributed by atoms with Crippen molar-refractivity contribution >= 4 is 30.6 Å². The van der Waals surface area contributed by atoms with Gasteiger partial charge in [-0.15, -0.1) is 0 Å². The fourth-order valence-corrected chi connectivity index (χ4v) is 2.03. The Hall–Kier alpha value is -0.665. The van der Waals surface area contributed by atoms with E-state index in [1.54, 1.807) is 0 Å². The van der Waals surface area contributed by atoms with Gasteiger partial charge in [-0.1, -0.05) is 23.1 Å². The highest BCUT2D eigenvalue weighted by molar-refractivity contribution is 6.37. The molecule has 0 atom stereocenters. The summed E-state index contributed by atoms with van der Waals surface area (Å²) < 4.78 is 5.30. The Bertz CT molecular complexity index is 326. The third kappa shape index (κ3) is 2.04. The Kier molecular flexibility index (Phi) is 2.99. The second-order valence-electron chi connectivity index (χ2n) is 3.55. The van der Waals surface area contributed by atoms with Crippen molar-refractivity contribution in [3.8, 4) is 0 Å². The van der Waals surface area contributed by atoms with E-state index in [4.69, 9.17) is 16.3 Å². The van der Waals surface area contributed by atoms with E-state index in [0.29, 0.717) is 0 Å². The zero-order valence-electron chi connectivity index (χ0n) is 8.29. The lowest BCUT2D eigenvalue weighted by Crippen LogP contribution is -2.36. The maximum Gasteiger partial charge on any atom is 0.139 e. The van der Waals surface area contributed by atoms with Gasteiger partial charge >= 0.3 is 0 Å². The molecule has 74 valence electrons. The summed E-state index contributed by atoms with van der Waals surface area (Å²) in [6.45, 7) is 3.46. The van der Waals surface area contributed by atoms with Gasteiger partial charge < -0.3 is 9.64 Å². The zero-order valence-corrected chi connectivity index (χ0v) is 9.05. The SMILES string of the molecule is Bc1ccc(N2CCOCC2)c(Cl)c1. The van der Waals surface area contributed by atoms with Crippen molar-refractivity contribution in [3.05, 3.63) is 23.2 Å². The predicted molar refractivity (Wildman–Crippen MR) is 62.7 cm³/mol. The van der Waals surface area contributed by atoms with Gasteiger partial charge in [0.25, 0.3) is 0 Å². The smallest absolute Gasteiger partial charge is 0.139 e. The van der Waals surface area contributed by atoms with Crippen LogP contribution < -0.4 is 10.4 Å². The van der Waals surface area contributed by atoms with E-state index in [1.165, 1.54) is 5.46 Å². The molecule has 1 aliphatic rings. The monoisotopic (exact) mass is 209 g/mol. The van der Waals surface area contributed by atoms with Crippen molar-refractivity contribution in [3.63, 3.8) is 0 Å². The molecule has 4 heteroatoms. The molecule has 0 spiro atoms. The standard InChI is InChI=1S/C10H13BClNO/c11-8-1-2-10(9(12)7-8)13-3-5-14-6-4-13/h1-2,7H,3-6,11H2. The molecule has 0 amide bonds. The van der Waals surface area contributed by atoms with Gasteiger partial charge in [0.05, 0.1) is 23.9 Å². The van der Waals surface area contributed by atoms with Crippen LogP contribution in [0, 0.1) is 0 Å². The Morgan fingerprint density at radius 2 is 2.00 bits per heavy atom. The molecule has 2 nitrogen and oxygen atoms in total. The second-order valence-corrected chi connectivity index (χ2v) is 3.96. The molecule has 0 saturated carbocycles. The summed E-state index contributed by atoms with van der Waals surface area (Å²) in [5, 5.41) is 0.840. The molecule has 0 radical (unpaired) electrons. The van der Waals surface area contributed by atoms with Crippen molar-refractivity contribution < 1.29 is 4.74 Å². The Morgan fingerprint density at radius 1 is 1.29 bits per heavy atom. The molecule has 1 heterocycles. The Balaban J connectivity index is 2.22. The van der Waals surface area contributed by atoms with Crippen molar-refractivity contribution in [2.75, 3.05) is 31.2 Å². The molecule has 0 aromatic heterocycles. The summed E-state index contributed by atoms with van der Waals surface area (Å²) in [4.78, 5) is 2.27. The van der Waals surface area contributed by atoms with Gasteiger partial charge in [0, 0.05) is 13.1 Å². The van der Waals surface area contributed by atoms with Gasteiger partial charge in [0.2, 0.25) is 0 Å². The highest BCUT2D eigenvalue weighted by Crippen LogP contribution is 2.24. The Labute approximate surface area is 90.2 Å². The van der Waals surface area contributed by atoms with E-state index in [-0.39, 0.29) is 0 Å². The molecule has 1 saturated heterocycles. The fraction of sp³-hybridized carbons (Fsp3) is 0.400. The molecule has 1 aromatic rings. The lowest BCUT2D eigenvalue weighted by Gasteiger charge is -2.29. The zero-order chi connectivity index (χ0) is 9.97. The number of rotatable bonds is 1. The summed E-state index contributed by atoms with van der Waals surface area (Å²) in [5.74, 6) is 0. The highest BCUT2D eigenvalue weighted by Gasteiger charge is 2.13. The minimum Gasteiger partial charge on any atom is -0.378 e. The number of nitrogens with zero attached hydrogens (tertiary/aromatic N) is 1. The number of halogens is 1. The third-order valence-electron chi connectivity index (χ3n) is 2.45. The van der Waals surface area contributed by atoms with E-state index in [2.05, 4.69) is 24.9 Å². The van der Waals surface area contributed by atoms with Gasteiger partial charge in [-0.3, -0.25) is 0 Å². The summed E-state index contributed by atoms with van der Waals surface area (Å²) in [6, 6.07) is 6.19. The average molecular weight is 209 g/mol. The largest absolute Gasteiger partial charge is 0.378 e. The van der Waals surface area contributed by atoms with E-state index < -0.39 is 0 Å². The van der Waals surface area contributed by atoms with Crippen LogP contribution in [-0.2, 0) is 4.74 Å². The van der Waals surface area contributed by atoms with Gasteiger partial charge in [-0.2, -0.15) is 0 Å². The molecule has 2 rings (SSSR count). The van der Waals surface area contributed by atoms with Crippen LogP contribution in [0.15, 0.2) is 18.2 Å². The van der Waals surface area contributed by atoms with Crippen LogP contribution in [0.4, 0.5) is 5.69 Å². The normalized spacial score (nSPS) is 17.1. The van der Waals surface area contributed by atoms with Gasteiger partial charge in [-0.05, 0) is 12.1 Å². The molecule has 0 unspecified atom stereocenters. The van der Waals surface area contributed by atoms with Crippen molar-refractivity contribution in [2.24, 2.45) is 0 Å². The minimum atomic E-state index is 0.796. The number of morpholine rings is 1. The lowest BCUT2D eigenvalue weighted by molar-refractivity contribution is 0.122. The van der Waals surface area contributed by atoms with Crippen molar-refractivity contribution in [1.29, 1.82) is 0 Å². The predicted octanol–water partition coefficient (Wildman–Crippen LogP) is 0.435. The van der Waals surface area contributed by atoms with Crippen LogP contribution in [0.5, 0.6) is 0 Å². The van der Waals surface area contributed by atoms with Gasteiger partial charge in [-0.25, -0.2) is 0 Å². The summed E-state index contributed by atoms with van der Waals surface area (Å²) in [6.07, 6.45) is 0. The maximum absolute atomic E-state index is 6.18. The molecule has 0 aliphatic carbocycles. The molecular formula is C10H13BClNO. The highest BCUT2D eigenvalue weighted by atomic mass is 35.5. The second kappa shape index (κ2) is 4.24. The number of hydrogen-bond donors (Lipinski definition) is 0. The Morgan fingerprint density at radius 3 is 2.64 bits per heavy atom. The fourth-order valence-electron chi connectivity index (χ4n) is 1.67. The van der Waals surface area contributed by atoms with Crippen LogP contribution in [-0.4, -0.2) is 34.1 Å². The van der Waals surface area contributed by atoms with Gasteiger partial charge in [0.15, 0.2) is 0 Å². The van der Waals surface area contributed by atoms with Crippen LogP contribution in [0.2, 0.25) is 5.02 Å². The topological polar surface area (TPSA) is 12.5 Å². The molecule has 1 fully saturated rings. The first-order valence-corrected chi connectivity index (χ1v) is 5.24. The van der Waals surface area contributed by atoms with Gasteiger partial charge in [0.1, 0.15) is 7.85 Å². The third-order valence-corrected chi connectivity index (χ3v) is 2.76. The number of hydrogen-bond acceptors (Lipinski definition) is 2. The lowest BCUT2D eigenvalue weighted by atomic mass is 9.96. The van der Waals surface area contributed by atoms with Crippen LogP contribution >= 0.6 is 11.6 Å². The van der Waals surface area contributed by atoms with Crippen molar-refractivity contribution in [1.82, 2.24) is 0 Å². The van der Waals surface area contributed by atoms with Crippen LogP contribution in [0.25, 0.3) is 0 Å².